The summed E-state index contributed by atoms with van der Waals surface area (Å²) in [6.45, 7) is 4.23. The molecule has 1 aliphatic rings. The Labute approximate surface area is 132 Å². The van der Waals surface area contributed by atoms with Gasteiger partial charge in [0.2, 0.25) is 0 Å². The number of aromatic nitrogens is 2. The maximum atomic E-state index is 5.51. The van der Waals surface area contributed by atoms with E-state index in [1.165, 1.54) is 31.2 Å². The summed E-state index contributed by atoms with van der Waals surface area (Å²) < 4.78 is 5.51. The fraction of sp³-hybridized carbons (Fsp3) is 0.556. The van der Waals surface area contributed by atoms with Gasteiger partial charge >= 0.3 is 0 Å². The standard InChI is InChI=1S/C18H25N3O/c1-2-7-16-12-17(20-22-16)18-9-4-3-5-11-21(18)14-15-8-6-10-19-13-15/h6,8,10,12-13,18H,2-5,7,9,11,14H2,1H3/t18-/m0/s1. The molecule has 4 nitrogen and oxygen atoms in total. The van der Waals surface area contributed by atoms with Crippen LogP contribution in [0, 0.1) is 0 Å². The first-order valence-electron chi connectivity index (χ1n) is 8.45. The van der Waals surface area contributed by atoms with Crippen molar-refractivity contribution in [2.45, 2.75) is 58.0 Å². The maximum Gasteiger partial charge on any atom is 0.137 e. The molecule has 0 unspecified atom stereocenters. The van der Waals surface area contributed by atoms with Gasteiger partial charge in [0.15, 0.2) is 0 Å². The molecule has 0 aromatic carbocycles. The Morgan fingerprint density at radius 1 is 1.32 bits per heavy atom. The Bertz CT molecular complexity index is 567. The molecule has 0 bridgehead atoms. The second-order valence-electron chi connectivity index (χ2n) is 6.16. The van der Waals surface area contributed by atoms with E-state index in [2.05, 4.69) is 34.1 Å². The van der Waals surface area contributed by atoms with Crippen LogP contribution in [-0.2, 0) is 13.0 Å². The summed E-state index contributed by atoms with van der Waals surface area (Å²) in [5.41, 5.74) is 2.38. The Morgan fingerprint density at radius 3 is 3.09 bits per heavy atom. The molecule has 0 aliphatic carbocycles. The number of likely N-dealkylation sites (tertiary alicyclic amines) is 1. The number of hydrogen-bond donors (Lipinski definition) is 0. The van der Waals surface area contributed by atoms with E-state index >= 15 is 0 Å². The minimum Gasteiger partial charge on any atom is -0.361 e. The van der Waals surface area contributed by atoms with E-state index < -0.39 is 0 Å². The lowest BCUT2D eigenvalue weighted by Crippen LogP contribution is -2.28. The zero-order valence-corrected chi connectivity index (χ0v) is 13.4. The van der Waals surface area contributed by atoms with E-state index in [9.17, 15) is 0 Å². The third-order valence-corrected chi connectivity index (χ3v) is 4.39. The fourth-order valence-corrected chi connectivity index (χ4v) is 3.27. The van der Waals surface area contributed by atoms with Gasteiger partial charge in [-0.05, 0) is 37.4 Å². The van der Waals surface area contributed by atoms with Crippen LogP contribution >= 0.6 is 0 Å². The summed E-state index contributed by atoms with van der Waals surface area (Å²) in [6.07, 6.45) is 10.9. The molecule has 0 radical (unpaired) electrons. The Balaban J connectivity index is 1.77. The second-order valence-corrected chi connectivity index (χ2v) is 6.16. The van der Waals surface area contributed by atoms with Crippen LogP contribution < -0.4 is 0 Å². The molecule has 1 fully saturated rings. The molecule has 22 heavy (non-hydrogen) atoms. The highest BCUT2D eigenvalue weighted by Gasteiger charge is 2.25. The molecule has 1 aliphatic heterocycles. The molecule has 2 aromatic heterocycles. The second kappa shape index (κ2) is 7.54. The van der Waals surface area contributed by atoms with E-state index in [0.29, 0.717) is 6.04 Å². The van der Waals surface area contributed by atoms with Gasteiger partial charge in [0.05, 0.1) is 6.04 Å². The number of hydrogen-bond acceptors (Lipinski definition) is 4. The summed E-state index contributed by atoms with van der Waals surface area (Å²) in [5.74, 6) is 1.02. The van der Waals surface area contributed by atoms with E-state index in [4.69, 9.17) is 4.52 Å². The largest absolute Gasteiger partial charge is 0.361 e. The minimum absolute atomic E-state index is 0.372. The predicted octanol–water partition coefficient (Wildman–Crippen LogP) is 4.14. The quantitative estimate of drug-likeness (QED) is 0.832. The molecular formula is C18H25N3O. The number of nitrogens with zero attached hydrogens (tertiary/aromatic N) is 3. The van der Waals surface area contributed by atoms with Gasteiger partial charge in [-0.25, -0.2) is 0 Å². The molecule has 1 saturated heterocycles. The Hall–Kier alpha value is -1.68. The zero-order valence-electron chi connectivity index (χ0n) is 13.4. The smallest absolute Gasteiger partial charge is 0.137 e. The van der Waals surface area contributed by atoms with Gasteiger partial charge in [-0.3, -0.25) is 9.88 Å². The van der Waals surface area contributed by atoms with E-state index in [0.717, 1.165) is 37.4 Å². The zero-order chi connectivity index (χ0) is 15.2. The van der Waals surface area contributed by atoms with Gasteiger partial charge < -0.3 is 4.52 Å². The lowest BCUT2D eigenvalue weighted by atomic mass is 10.1. The molecule has 2 aromatic rings. The van der Waals surface area contributed by atoms with Crippen molar-refractivity contribution in [3.8, 4) is 0 Å². The molecule has 0 spiro atoms. The normalized spacial score (nSPS) is 20.0. The lowest BCUT2D eigenvalue weighted by molar-refractivity contribution is 0.183. The first-order valence-corrected chi connectivity index (χ1v) is 8.45. The van der Waals surface area contributed by atoms with Crippen molar-refractivity contribution in [2.24, 2.45) is 0 Å². The summed E-state index contributed by atoms with van der Waals surface area (Å²) >= 11 is 0. The van der Waals surface area contributed by atoms with Crippen molar-refractivity contribution >= 4 is 0 Å². The van der Waals surface area contributed by atoms with Crippen LogP contribution in [0.2, 0.25) is 0 Å². The SMILES string of the molecule is CCCc1cc([C@@H]2CCCCCN2Cc2cccnc2)no1. The first-order chi connectivity index (χ1) is 10.9. The first kappa shape index (κ1) is 15.2. The van der Waals surface area contributed by atoms with Crippen LogP contribution in [0.3, 0.4) is 0 Å². The van der Waals surface area contributed by atoms with Gasteiger partial charge in [0.1, 0.15) is 11.5 Å². The highest BCUT2D eigenvalue weighted by atomic mass is 16.5. The van der Waals surface area contributed by atoms with Gasteiger partial charge in [-0.15, -0.1) is 0 Å². The molecule has 118 valence electrons. The summed E-state index contributed by atoms with van der Waals surface area (Å²) in [6, 6.07) is 6.70. The molecule has 0 amide bonds. The lowest BCUT2D eigenvalue weighted by Gasteiger charge is -2.28. The van der Waals surface area contributed by atoms with Crippen LogP contribution in [0.4, 0.5) is 0 Å². The van der Waals surface area contributed by atoms with Gasteiger partial charge in [-0.1, -0.05) is 31.0 Å². The van der Waals surface area contributed by atoms with E-state index in [1.54, 1.807) is 0 Å². The summed E-state index contributed by atoms with van der Waals surface area (Å²) in [7, 11) is 0. The Morgan fingerprint density at radius 2 is 2.27 bits per heavy atom. The van der Waals surface area contributed by atoms with Crippen molar-refractivity contribution in [2.75, 3.05) is 6.54 Å². The van der Waals surface area contributed by atoms with Crippen molar-refractivity contribution in [3.63, 3.8) is 0 Å². The molecule has 0 saturated carbocycles. The van der Waals surface area contributed by atoms with Gasteiger partial charge in [0, 0.05) is 31.4 Å². The van der Waals surface area contributed by atoms with Crippen molar-refractivity contribution in [1.82, 2.24) is 15.0 Å². The van der Waals surface area contributed by atoms with Crippen LogP contribution in [0.5, 0.6) is 0 Å². The average molecular weight is 299 g/mol. The van der Waals surface area contributed by atoms with Gasteiger partial charge in [-0.2, -0.15) is 0 Å². The minimum atomic E-state index is 0.372. The van der Waals surface area contributed by atoms with E-state index in [-0.39, 0.29) is 0 Å². The maximum absolute atomic E-state index is 5.51. The molecule has 3 heterocycles. The van der Waals surface area contributed by atoms with Crippen LogP contribution in [0.15, 0.2) is 35.1 Å². The molecular weight excluding hydrogens is 274 g/mol. The molecule has 1 atom stereocenters. The topological polar surface area (TPSA) is 42.2 Å². The van der Waals surface area contributed by atoms with E-state index in [1.807, 2.05) is 18.5 Å². The highest BCUT2D eigenvalue weighted by Crippen LogP contribution is 2.31. The molecule has 4 heteroatoms. The number of pyridine rings is 1. The molecule has 3 rings (SSSR count). The third kappa shape index (κ3) is 3.74. The van der Waals surface area contributed by atoms with Crippen LogP contribution in [0.1, 0.15) is 62.1 Å². The van der Waals surface area contributed by atoms with Crippen LogP contribution in [0.25, 0.3) is 0 Å². The van der Waals surface area contributed by atoms with Crippen LogP contribution in [-0.4, -0.2) is 21.6 Å². The third-order valence-electron chi connectivity index (χ3n) is 4.39. The van der Waals surface area contributed by atoms with Gasteiger partial charge in [0.25, 0.3) is 0 Å². The Kier molecular flexibility index (Phi) is 5.22. The fourth-order valence-electron chi connectivity index (χ4n) is 3.27. The number of aryl methyl sites for hydroxylation is 1. The summed E-state index contributed by atoms with van der Waals surface area (Å²) in [5, 5.41) is 4.36. The predicted molar refractivity (Wildman–Crippen MR) is 86.4 cm³/mol. The van der Waals surface area contributed by atoms with Crippen molar-refractivity contribution < 1.29 is 4.52 Å². The number of rotatable bonds is 5. The monoisotopic (exact) mass is 299 g/mol. The highest BCUT2D eigenvalue weighted by molar-refractivity contribution is 5.13. The molecule has 0 N–H and O–H groups in total. The van der Waals surface area contributed by atoms with Crippen molar-refractivity contribution in [3.05, 3.63) is 47.6 Å². The van der Waals surface area contributed by atoms with Crippen molar-refractivity contribution in [1.29, 1.82) is 0 Å². The average Bonchev–Trinajstić information content (AvgIpc) is 2.88. The summed E-state index contributed by atoms with van der Waals surface area (Å²) in [4.78, 5) is 6.78.